The number of unbranched alkanes of at least 4 members (excludes halogenated alkanes) is 59. The highest BCUT2D eigenvalue weighted by Gasteiger charge is 2.20. The minimum Gasteiger partial charge on any atom is -0.466 e. The van der Waals surface area contributed by atoms with Gasteiger partial charge in [-0.25, -0.2) is 0 Å². The molecule has 2 atom stereocenters. The van der Waals surface area contributed by atoms with Crippen molar-refractivity contribution in [3.8, 4) is 0 Å². The van der Waals surface area contributed by atoms with Crippen molar-refractivity contribution < 1.29 is 24.5 Å². The van der Waals surface area contributed by atoms with E-state index in [-0.39, 0.29) is 18.5 Å². The molecule has 0 aliphatic rings. The molecule has 0 bridgehead atoms. The Hall–Kier alpha value is -1.66. The summed E-state index contributed by atoms with van der Waals surface area (Å²) in [5.74, 6) is -0.0111. The zero-order chi connectivity index (χ0) is 61.3. The predicted octanol–water partition coefficient (Wildman–Crippen LogP) is 25.7. The molecule has 0 saturated heterocycles. The molecule has 0 radical (unpaired) electrons. The number of carbonyl (C=O) groups is 2. The van der Waals surface area contributed by atoms with Crippen LogP contribution in [-0.4, -0.2) is 47.4 Å². The summed E-state index contributed by atoms with van der Waals surface area (Å²) in [7, 11) is 0. The second kappa shape index (κ2) is 74.8. The maximum absolute atomic E-state index is 12.5. The first kappa shape index (κ1) is 83.3. The summed E-state index contributed by atoms with van der Waals surface area (Å²) in [6, 6.07) is -0.542. The molecule has 6 nitrogen and oxygen atoms in total. The molecule has 0 saturated carbocycles. The third-order valence-corrected chi connectivity index (χ3v) is 18.5. The summed E-state index contributed by atoms with van der Waals surface area (Å²) in [6.07, 6.45) is 95.5. The van der Waals surface area contributed by atoms with Crippen LogP contribution in [0.15, 0.2) is 24.3 Å². The number of nitrogens with one attached hydrogen (secondary N) is 1. The quantitative estimate of drug-likeness (QED) is 0.0320. The zero-order valence-electron chi connectivity index (χ0n) is 57.9. The van der Waals surface area contributed by atoms with E-state index in [1.54, 1.807) is 0 Å². The van der Waals surface area contributed by atoms with Gasteiger partial charge in [0.1, 0.15) is 0 Å². The number of rotatable bonds is 74. The molecule has 0 aromatic rings. The Morgan fingerprint density at radius 1 is 0.329 bits per heavy atom. The Balaban J connectivity index is 3.37. The fourth-order valence-corrected chi connectivity index (χ4v) is 12.6. The van der Waals surface area contributed by atoms with Crippen LogP contribution >= 0.6 is 0 Å². The van der Waals surface area contributed by atoms with Crippen molar-refractivity contribution in [2.45, 2.75) is 456 Å². The fraction of sp³-hybridized carbons (Fsp3) is 0.924. The molecule has 3 N–H and O–H groups in total. The van der Waals surface area contributed by atoms with Gasteiger partial charge in [0.05, 0.1) is 25.4 Å². The number of esters is 1. The Bertz CT molecular complexity index is 1330. The number of ether oxygens (including phenoxy) is 1. The summed E-state index contributed by atoms with van der Waals surface area (Å²) >= 11 is 0. The Morgan fingerprint density at radius 3 is 0.894 bits per heavy atom. The summed E-state index contributed by atoms with van der Waals surface area (Å²) < 4.78 is 5.51. The summed E-state index contributed by atoms with van der Waals surface area (Å²) in [6.45, 7) is 5.00. The molecule has 0 aromatic carbocycles. The van der Waals surface area contributed by atoms with E-state index in [2.05, 4.69) is 43.5 Å². The monoisotopic (exact) mass is 1200 g/mol. The van der Waals surface area contributed by atoms with Gasteiger partial charge < -0.3 is 20.3 Å². The molecule has 2 unspecified atom stereocenters. The molecule has 0 rings (SSSR count). The Morgan fingerprint density at radius 2 is 0.588 bits per heavy atom. The van der Waals surface area contributed by atoms with Gasteiger partial charge in [0, 0.05) is 12.8 Å². The first-order valence-corrected chi connectivity index (χ1v) is 39.1. The van der Waals surface area contributed by atoms with Gasteiger partial charge in [-0.1, -0.05) is 398 Å². The topological polar surface area (TPSA) is 95.9 Å². The van der Waals surface area contributed by atoms with Gasteiger partial charge in [-0.2, -0.15) is 0 Å². The van der Waals surface area contributed by atoms with Crippen LogP contribution in [0.4, 0.5) is 0 Å². The summed E-state index contributed by atoms with van der Waals surface area (Å²) in [5, 5.41) is 23.4. The molecule has 0 aliphatic carbocycles. The van der Waals surface area contributed by atoms with Crippen molar-refractivity contribution in [2.75, 3.05) is 13.2 Å². The number of allylic oxidation sites excluding steroid dienone is 4. The number of amides is 1. The number of hydrogen-bond donors (Lipinski definition) is 3. The van der Waals surface area contributed by atoms with E-state index >= 15 is 0 Å². The zero-order valence-corrected chi connectivity index (χ0v) is 57.9. The first-order valence-electron chi connectivity index (χ1n) is 39.1. The molecule has 504 valence electrons. The maximum atomic E-state index is 12.5. The molecule has 6 heteroatoms. The lowest BCUT2D eigenvalue weighted by Gasteiger charge is -2.22. The van der Waals surface area contributed by atoms with Crippen LogP contribution in [0, 0.1) is 0 Å². The first-order chi connectivity index (χ1) is 42.0. The van der Waals surface area contributed by atoms with Crippen molar-refractivity contribution in [1.29, 1.82) is 0 Å². The lowest BCUT2D eigenvalue weighted by Crippen LogP contribution is -2.45. The minimum atomic E-state index is -0.665. The van der Waals surface area contributed by atoms with Crippen molar-refractivity contribution in [1.82, 2.24) is 5.32 Å². The number of aliphatic hydroxyl groups excluding tert-OH is 2. The van der Waals surface area contributed by atoms with Crippen LogP contribution in [0.5, 0.6) is 0 Å². The van der Waals surface area contributed by atoms with Crippen molar-refractivity contribution in [3.05, 3.63) is 24.3 Å². The maximum Gasteiger partial charge on any atom is 0.305 e. The van der Waals surface area contributed by atoms with Crippen LogP contribution in [0.1, 0.15) is 444 Å². The minimum absolute atomic E-state index is 0.0186. The summed E-state index contributed by atoms with van der Waals surface area (Å²) in [5.41, 5.74) is 0. The molecule has 0 fully saturated rings. The van der Waals surface area contributed by atoms with Crippen molar-refractivity contribution in [2.24, 2.45) is 0 Å². The van der Waals surface area contributed by atoms with Crippen LogP contribution in [0.2, 0.25) is 0 Å². The third kappa shape index (κ3) is 71.3. The van der Waals surface area contributed by atoms with Gasteiger partial charge in [0.25, 0.3) is 0 Å². The van der Waals surface area contributed by atoms with Crippen molar-refractivity contribution in [3.63, 3.8) is 0 Å². The largest absolute Gasteiger partial charge is 0.466 e. The van der Waals surface area contributed by atoms with Crippen LogP contribution in [0.25, 0.3) is 0 Å². The normalized spacial score (nSPS) is 12.6. The average Bonchev–Trinajstić information content (AvgIpc) is 3.51. The smallest absolute Gasteiger partial charge is 0.305 e. The molecule has 0 aliphatic heterocycles. The Kier molecular flexibility index (Phi) is 73.3. The van der Waals surface area contributed by atoms with Crippen LogP contribution in [0.3, 0.4) is 0 Å². The van der Waals surface area contributed by atoms with E-state index < -0.39 is 12.1 Å². The lowest BCUT2D eigenvalue weighted by atomic mass is 10.0. The van der Waals surface area contributed by atoms with Gasteiger partial charge >= 0.3 is 5.97 Å². The van der Waals surface area contributed by atoms with Crippen molar-refractivity contribution >= 4 is 11.9 Å². The average molecular weight is 1200 g/mol. The molecular formula is C79H153NO5. The van der Waals surface area contributed by atoms with Crippen LogP contribution < -0.4 is 5.32 Å². The molecule has 0 aromatic heterocycles. The second-order valence-electron chi connectivity index (χ2n) is 27.0. The van der Waals surface area contributed by atoms with Gasteiger partial charge in [0.2, 0.25) is 5.91 Å². The third-order valence-electron chi connectivity index (χ3n) is 18.5. The standard InChI is InChI=1S/C79H153NO5/c1-3-5-7-9-11-13-15-17-19-21-36-39-43-47-51-55-59-63-67-71-77(82)76(75-81)80-78(83)72-68-64-60-56-52-48-44-40-37-34-32-30-28-26-24-23-25-27-29-31-33-35-38-42-46-50-54-58-62-66-70-74-85-79(84)73-69-65-61-57-53-49-45-41-22-20-18-16-14-12-10-8-6-4-2/h25,27,31,33,76-77,81-82H,3-24,26,28-30,32,34-75H2,1-2H3,(H,80,83)/b27-25-,33-31-. The van der Waals surface area contributed by atoms with E-state index in [9.17, 15) is 19.8 Å². The van der Waals surface area contributed by atoms with Crippen LogP contribution in [-0.2, 0) is 14.3 Å². The number of hydrogen-bond acceptors (Lipinski definition) is 5. The van der Waals surface area contributed by atoms with Gasteiger partial charge in [-0.15, -0.1) is 0 Å². The Labute approximate surface area is 532 Å². The number of aliphatic hydroxyl groups is 2. The predicted molar refractivity (Wildman–Crippen MR) is 375 cm³/mol. The van der Waals surface area contributed by atoms with E-state index in [0.717, 1.165) is 44.9 Å². The molecule has 0 spiro atoms. The molecule has 1 amide bonds. The SMILES string of the molecule is CCCCCCCCCCCCCCCCCCCCCC(O)C(CO)NC(=O)CCCCCCCCCCCCCCCCC/C=C\C/C=C\CCCCCCCCCCCOC(=O)CCCCCCCCCCCCCCCCCCCC. The highest BCUT2D eigenvalue weighted by atomic mass is 16.5. The van der Waals surface area contributed by atoms with E-state index in [1.807, 2.05) is 0 Å². The molecule has 0 heterocycles. The fourth-order valence-electron chi connectivity index (χ4n) is 12.6. The number of carbonyl (C=O) groups excluding carboxylic acids is 2. The summed E-state index contributed by atoms with van der Waals surface area (Å²) in [4.78, 5) is 24.7. The second-order valence-corrected chi connectivity index (χ2v) is 27.0. The molecular weight excluding hydrogens is 1040 g/mol. The highest BCUT2D eigenvalue weighted by molar-refractivity contribution is 5.76. The van der Waals surface area contributed by atoms with Gasteiger partial charge in [0.15, 0.2) is 0 Å². The van der Waals surface area contributed by atoms with Gasteiger partial charge in [-0.05, 0) is 57.8 Å². The van der Waals surface area contributed by atoms with E-state index in [0.29, 0.717) is 25.9 Å². The van der Waals surface area contributed by atoms with E-state index in [1.165, 1.54) is 366 Å². The van der Waals surface area contributed by atoms with E-state index in [4.69, 9.17) is 4.74 Å². The van der Waals surface area contributed by atoms with Gasteiger partial charge in [-0.3, -0.25) is 9.59 Å². The lowest BCUT2D eigenvalue weighted by molar-refractivity contribution is -0.143. The molecule has 85 heavy (non-hydrogen) atoms. The highest BCUT2D eigenvalue weighted by Crippen LogP contribution is 2.20.